The van der Waals surface area contributed by atoms with Crippen molar-refractivity contribution in [3.63, 3.8) is 0 Å². The molecule has 2 aromatic rings. The minimum Gasteiger partial charge on any atom is -0.301 e. The van der Waals surface area contributed by atoms with Crippen LogP contribution in [0.25, 0.3) is 0 Å². The van der Waals surface area contributed by atoms with Gasteiger partial charge in [0.25, 0.3) is 10.0 Å². The predicted octanol–water partition coefficient (Wildman–Crippen LogP) is 2.39. The smallest absolute Gasteiger partial charge is 0.252 e. The summed E-state index contributed by atoms with van der Waals surface area (Å²) in [5.41, 5.74) is 0.732. The van der Waals surface area contributed by atoms with Gasteiger partial charge in [0, 0.05) is 7.05 Å². The molecule has 0 atom stereocenters. The summed E-state index contributed by atoms with van der Waals surface area (Å²) in [7, 11) is -2.31. The van der Waals surface area contributed by atoms with Crippen LogP contribution in [0.5, 0.6) is 0 Å². The minimum absolute atomic E-state index is 0.193. The van der Waals surface area contributed by atoms with Crippen molar-refractivity contribution in [2.75, 3.05) is 24.7 Å². The van der Waals surface area contributed by atoms with E-state index >= 15 is 0 Å². The standard InChI is InChI=1S/C13H14N4O3S4/c1-9-12(22-7-5-14)23-13(15-9)16-10(18)8-17(2)24(19,20)11-4-3-6-21-11/h3-4,6H,7-8H2,1-2H3,(H,15,16,18). The van der Waals surface area contributed by atoms with Gasteiger partial charge in [-0.05, 0) is 18.4 Å². The number of thiazole rings is 1. The number of aromatic nitrogens is 1. The Balaban J connectivity index is 2.00. The number of nitriles is 1. The van der Waals surface area contributed by atoms with Gasteiger partial charge in [0.2, 0.25) is 5.91 Å². The first-order chi connectivity index (χ1) is 11.3. The molecule has 2 aromatic heterocycles. The number of sulfonamides is 1. The molecule has 128 valence electrons. The van der Waals surface area contributed by atoms with E-state index < -0.39 is 15.9 Å². The Bertz CT molecular complexity index is 852. The molecule has 0 aliphatic rings. The predicted molar refractivity (Wildman–Crippen MR) is 96.0 cm³/mol. The van der Waals surface area contributed by atoms with Gasteiger partial charge < -0.3 is 5.32 Å². The number of nitrogens with one attached hydrogen (secondary N) is 1. The Labute approximate surface area is 152 Å². The third-order valence-electron chi connectivity index (χ3n) is 2.79. The van der Waals surface area contributed by atoms with E-state index in [0.717, 1.165) is 25.5 Å². The quantitative estimate of drug-likeness (QED) is 0.713. The van der Waals surface area contributed by atoms with Gasteiger partial charge in [0.05, 0.1) is 28.3 Å². The SMILES string of the molecule is Cc1nc(NC(=O)CN(C)S(=O)(=O)c2cccs2)sc1SCC#N. The molecular weight excluding hydrogens is 388 g/mol. The highest BCUT2D eigenvalue weighted by Crippen LogP contribution is 2.31. The molecule has 2 rings (SSSR count). The molecule has 24 heavy (non-hydrogen) atoms. The Kier molecular flexibility index (Phi) is 6.36. The van der Waals surface area contributed by atoms with E-state index in [4.69, 9.17) is 5.26 Å². The molecule has 0 aliphatic carbocycles. The normalized spacial score (nSPS) is 11.4. The zero-order valence-electron chi connectivity index (χ0n) is 12.8. The van der Waals surface area contributed by atoms with Crippen molar-refractivity contribution in [3.8, 4) is 6.07 Å². The van der Waals surface area contributed by atoms with Gasteiger partial charge in [-0.3, -0.25) is 4.79 Å². The van der Waals surface area contributed by atoms with Gasteiger partial charge in [0.15, 0.2) is 5.13 Å². The van der Waals surface area contributed by atoms with Crippen molar-refractivity contribution in [3.05, 3.63) is 23.2 Å². The van der Waals surface area contributed by atoms with Crippen LogP contribution in [-0.4, -0.2) is 43.0 Å². The highest BCUT2D eigenvalue weighted by atomic mass is 32.2. The first kappa shape index (κ1) is 18.9. The van der Waals surface area contributed by atoms with E-state index in [2.05, 4.69) is 10.3 Å². The van der Waals surface area contributed by atoms with Crippen LogP contribution in [0.15, 0.2) is 25.9 Å². The molecule has 0 aliphatic heterocycles. The number of aryl methyl sites for hydroxylation is 1. The number of amides is 1. The third-order valence-corrected chi connectivity index (χ3v) is 8.27. The van der Waals surface area contributed by atoms with Crippen LogP contribution in [0.3, 0.4) is 0 Å². The lowest BCUT2D eigenvalue weighted by molar-refractivity contribution is -0.116. The number of carbonyl (C=O) groups excluding carboxylic acids is 1. The zero-order valence-corrected chi connectivity index (χ0v) is 16.1. The Morgan fingerprint density at radius 2 is 2.29 bits per heavy atom. The fourth-order valence-electron chi connectivity index (χ4n) is 1.68. The Morgan fingerprint density at radius 1 is 1.54 bits per heavy atom. The second-order valence-electron chi connectivity index (χ2n) is 4.58. The first-order valence-corrected chi connectivity index (χ1v) is 10.7. The van der Waals surface area contributed by atoms with Gasteiger partial charge in [-0.1, -0.05) is 29.2 Å². The summed E-state index contributed by atoms with van der Waals surface area (Å²) in [5.74, 6) is -0.165. The number of likely N-dealkylation sites (N-methyl/N-ethyl adjacent to an activating group) is 1. The minimum atomic E-state index is -3.66. The summed E-state index contributed by atoms with van der Waals surface area (Å²) >= 11 is 3.71. The molecule has 7 nitrogen and oxygen atoms in total. The maximum Gasteiger partial charge on any atom is 0.252 e. The fourth-order valence-corrected chi connectivity index (χ4v) is 5.82. The summed E-state index contributed by atoms with van der Waals surface area (Å²) in [5, 5.41) is 13.3. The fraction of sp³-hybridized carbons (Fsp3) is 0.308. The second kappa shape index (κ2) is 8.09. The molecule has 2 heterocycles. The van der Waals surface area contributed by atoms with E-state index in [-0.39, 0.29) is 10.8 Å². The molecule has 0 bridgehead atoms. The molecule has 0 fully saturated rings. The van der Waals surface area contributed by atoms with Gasteiger partial charge in [-0.2, -0.15) is 9.57 Å². The highest BCUT2D eigenvalue weighted by Gasteiger charge is 2.24. The van der Waals surface area contributed by atoms with E-state index in [9.17, 15) is 13.2 Å². The van der Waals surface area contributed by atoms with E-state index in [0.29, 0.717) is 10.9 Å². The average molecular weight is 403 g/mol. The Morgan fingerprint density at radius 3 is 2.92 bits per heavy atom. The number of thiophene rings is 1. The number of hydrogen-bond donors (Lipinski definition) is 1. The van der Waals surface area contributed by atoms with Crippen molar-refractivity contribution < 1.29 is 13.2 Å². The number of carbonyl (C=O) groups is 1. The first-order valence-electron chi connectivity index (χ1n) is 6.61. The van der Waals surface area contributed by atoms with Crippen molar-refractivity contribution in [1.29, 1.82) is 5.26 Å². The van der Waals surface area contributed by atoms with Crippen molar-refractivity contribution in [2.24, 2.45) is 0 Å². The van der Waals surface area contributed by atoms with Gasteiger partial charge >= 0.3 is 0 Å². The summed E-state index contributed by atoms with van der Waals surface area (Å²) in [6.45, 7) is 1.48. The molecule has 11 heteroatoms. The summed E-state index contributed by atoms with van der Waals surface area (Å²) < 4.78 is 26.6. The molecule has 0 saturated heterocycles. The van der Waals surface area contributed by atoms with E-state index in [1.165, 1.54) is 36.2 Å². The van der Waals surface area contributed by atoms with Crippen LogP contribution < -0.4 is 5.32 Å². The lowest BCUT2D eigenvalue weighted by Crippen LogP contribution is -2.34. The van der Waals surface area contributed by atoms with Crippen LogP contribution in [0.2, 0.25) is 0 Å². The lowest BCUT2D eigenvalue weighted by Gasteiger charge is -2.14. The lowest BCUT2D eigenvalue weighted by atomic mass is 10.6. The summed E-state index contributed by atoms with van der Waals surface area (Å²) in [4.78, 5) is 16.3. The van der Waals surface area contributed by atoms with Gasteiger partial charge in [-0.15, -0.1) is 11.3 Å². The topological polar surface area (TPSA) is 103 Å². The highest BCUT2D eigenvalue weighted by molar-refractivity contribution is 8.01. The molecule has 0 unspecified atom stereocenters. The van der Waals surface area contributed by atoms with Crippen LogP contribution in [0, 0.1) is 18.3 Å². The van der Waals surface area contributed by atoms with Crippen molar-refractivity contribution in [1.82, 2.24) is 9.29 Å². The number of thioether (sulfide) groups is 1. The number of anilines is 1. The number of hydrogen-bond acceptors (Lipinski definition) is 8. The van der Waals surface area contributed by atoms with Crippen LogP contribution in [-0.2, 0) is 14.8 Å². The van der Waals surface area contributed by atoms with E-state index in [1.54, 1.807) is 18.4 Å². The van der Waals surface area contributed by atoms with Crippen LogP contribution in [0.1, 0.15) is 5.69 Å². The van der Waals surface area contributed by atoms with Crippen molar-refractivity contribution >= 4 is 55.5 Å². The molecule has 1 amide bonds. The van der Waals surface area contributed by atoms with Crippen LogP contribution >= 0.6 is 34.4 Å². The van der Waals surface area contributed by atoms with Gasteiger partial charge in [0.1, 0.15) is 4.21 Å². The maximum absolute atomic E-state index is 12.3. The monoisotopic (exact) mass is 402 g/mol. The van der Waals surface area contributed by atoms with E-state index in [1.807, 2.05) is 6.07 Å². The molecule has 0 spiro atoms. The zero-order chi connectivity index (χ0) is 17.7. The Hall–Kier alpha value is -1.45. The summed E-state index contributed by atoms with van der Waals surface area (Å²) in [6.07, 6.45) is 0. The molecule has 0 saturated carbocycles. The summed E-state index contributed by atoms with van der Waals surface area (Å²) in [6, 6.07) is 5.17. The maximum atomic E-state index is 12.3. The number of rotatable bonds is 7. The van der Waals surface area contributed by atoms with Gasteiger partial charge in [-0.25, -0.2) is 13.4 Å². The average Bonchev–Trinajstić information content (AvgIpc) is 3.15. The molecule has 0 aromatic carbocycles. The molecule has 1 N–H and O–H groups in total. The third kappa shape index (κ3) is 4.55. The molecule has 0 radical (unpaired) electrons. The van der Waals surface area contributed by atoms with Crippen LogP contribution in [0.4, 0.5) is 5.13 Å². The van der Waals surface area contributed by atoms with Crippen molar-refractivity contribution in [2.45, 2.75) is 15.3 Å². The molecular formula is C13H14N4O3S4. The second-order valence-corrected chi connectivity index (χ2v) is 10.0. The number of nitrogens with zero attached hydrogens (tertiary/aromatic N) is 3. The largest absolute Gasteiger partial charge is 0.301 e.